The standard InChI is InChI=1S/C16H12N2O3S3/c19-15(12-6-5-10(22-12)8-24(20)21)18-16-17-14-11-4-2-1-3-9(11)7-13(14)23-16/h1-6H,7-8H2,(H,20,21)(H,17,18,19). The van der Waals surface area contributed by atoms with Crippen molar-refractivity contribution in [2.24, 2.45) is 0 Å². The van der Waals surface area contributed by atoms with Crippen LogP contribution in [0.5, 0.6) is 0 Å². The summed E-state index contributed by atoms with van der Waals surface area (Å²) in [5.74, 6) is -0.198. The molecular formula is C16H12N2O3S3. The number of anilines is 1. The highest BCUT2D eigenvalue weighted by Gasteiger charge is 2.23. The molecule has 1 atom stereocenters. The van der Waals surface area contributed by atoms with Crippen LogP contribution in [-0.2, 0) is 23.3 Å². The summed E-state index contributed by atoms with van der Waals surface area (Å²) in [4.78, 5) is 19.2. The number of benzene rings is 1. The Morgan fingerprint density at radius 1 is 1.25 bits per heavy atom. The maximum absolute atomic E-state index is 12.3. The number of rotatable bonds is 4. The maximum atomic E-state index is 12.3. The minimum Gasteiger partial charge on any atom is -0.306 e. The van der Waals surface area contributed by atoms with E-state index in [0.717, 1.165) is 22.6 Å². The third kappa shape index (κ3) is 2.93. The van der Waals surface area contributed by atoms with Gasteiger partial charge in [0.25, 0.3) is 5.91 Å². The molecule has 1 amide bonds. The molecule has 4 rings (SSSR count). The number of hydrogen-bond acceptors (Lipinski definition) is 5. The van der Waals surface area contributed by atoms with E-state index in [1.807, 2.05) is 18.2 Å². The van der Waals surface area contributed by atoms with Crippen molar-refractivity contribution in [2.75, 3.05) is 5.32 Å². The van der Waals surface area contributed by atoms with E-state index >= 15 is 0 Å². The zero-order valence-corrected chi connectivity index (χ0v) is 14.8. The molecule has 1 aliphatic rings. The van der Waals surface area contributed by atoms with Crippen molar-refractivity contribution in [1.29, 1.82) is 0 Å². The van der Waals surface area contributed by atoms with Crippen LogP contribution in [0.4, 0.5) is 5.13 Å². The second kappa shape index (κ2) is 6.21. The van der Waals surface area contributed by atoms with E-state index in [0.29, 0.717) is 14.9 Å². The Kier molecular flexibility index (Phi) is 4.05. The van der Waals surface area contributed by atoms with Gasteiger partial charge in [0.15, 0.2) is 16.2 Å². The number of carbonyl (C=O) groups excluding carboxylic acids is 1. The van der Waals surface area contributed by atoms with Crippen LogP contribution >= 0.6 is 22.7 Å². The van der Waals surface area contributed by atoms with Gasteiger partial charge in [0, 0.05) is 21.7 Å². The average molecular weight is 376 g/mol. The second-order valence-electron chi connectivity index (χ2n) is 5.31. The molecule has 0 saturated heterocycles. The van der Waals surface area contributed by atoms with Gasteiger partial charge in [0.1, 0.15) is 0 Å². The Morgan fingerprint density at radius 3 is 2.92 bits per heavy atom. The lowest BCUT2D eigenvalue weighted by Gasteiger charge is -2.00. The Hall–Kier alpha value is -1.87. The van der Waals surface area contributed by atoms with Crippen molar-refractivity contribution in [3.63, 3.8) is 0 Å². The molecule has 1 aliphatic carbocycles. The lowest BCUT2D eigenvalue weighted by atomic mass is 10.1. The van der Waals surface area contributed by atoms with Crippen LogP contribution in [0.1, 0.15) is 25.0 Å². The minimum atomic E-state index is -1.90. The third-order valence-corrected chi connectivity index (χ3v) is 6.49. The highest BCUT2D eigenvalue weighted by molar-refractivity contribution is 7.78. The average Bonchev–Trinajstić information content (AvgIpc) is 3.21. The fourth-order valence-corrected chi connectivity index (χ4v) is 5.24. The maximum Gasteiger partial charge on any atom is 0.267 e. The number of nitrogens with zero attached hydrogens (tertiary/aromatic N) is 1. The summed E-state index contributed by atoms with van der Waals surface area (Å²) in [6, 6.07) is 11.5. The summed E-state index contributed by atoms with van der Waals surface area (Å²) in [5.41, 5.74) is 3.35. The van der Waals surface area contributed by atoms with E-state index < -0.39 is 11.1 Å². The number of amides is 1. The van der Waals surface area contributed by atoms with Crippen LogP contribution in [0.25, 0.3) is 11.3 Å². The normalized spacial score (nSPS) is 13.4. The summed E-state index contributed by atoms with van der Waals surface area (Å²) in [7, 11) is 0. The quantitative estimate of drug-likeness (QED) is 0.532. The number of fused-ring (bicyclic) bond motifs is 3. The van der Waals surface area contributed by atoms with Crippen molar-refractivity contribution in [3.05, 3.63) is 56.6 Å². The molecule has 5 nitrogen and oxygen atoms in total. The molecule has 2 heterocycles. The second-order valence-corrected chi connectivity index (χ2v) is 8.49. The van der Waals surface area contributed by atoms with Crippen molar-refractivity contribution in [1.82, 2.24) is 4.98 Å². The van der Waals surface area contributed by atoms with Gasteiger partial charge in [0.2, 0.25) is 0 Å². The van der Waals surface area contributed by atoms with Crippen molar-refractivity contribution in [3.8, 4) is 11.3 Å². The summed E-state index contributed by atoms with van der Waals surface area (Å²) in [5, 5.41) is 3.41. The van der Waals surface area contributed by atoms with Crippen LogP contribution in [-0.4, -0.2) is 19.7 Å². The highest BCUT2D eigenvalue weighted by Crippen LogP contribution is 2.40. The molecule has 122 valence electrons. The minimum absolute atomic E-state index is 0.0419. The molecule has 0 fully saturated rings. The molecule has 0 aliphatic heterocycles. The Labute approximate surface area is 148 Å². The summed E-state index contributed by atoms with van der Waals surface area (Å²) >= 11 is 0.811. The van der Waals surface area contributed by atoms with Gasteiger partial charge < -0.3 is 4.55 Å². The number of nitrogens with one attached hydrogen (secondary N) is 1. The molecule has 0 saturated carbocycles. The zero-order chi connectivity index (χ0) is 16.7. The first-order chi connectivity index (χ1) is 11.6. The number of hydrogen-bond donors (Lipinski definition) is 2. The third-order valence-electron chi connectivity index (χ3n) is 3.69. The van der Waals surface area contributed by atoms with Gasteiger partial charge in [-0.2, -0.15) is 0 Å². The van der Waals surface area contributed by atoms with Crippen molar-refractivity contribution >= 4 is 44.8 Å². The molecule has 2 N–H and O–H groups in total. The molecule has 3 aromatic rings. The number of aromatic nitrogens is 1. The van der Waals surface area contributed by atoms with Gasteiger partial charge in [-0.1, -0.05) is 24.3 Å². The van der Waals surface area contributed by atoms with Crippen LogP contribution in [0.3, 0.4) is 0 Å². The fourth-order valence-electron chi connectivity index (χ4n) is 2.67. The summed E-state index contributed by atoms with van der Waals surface area (Å²) in [6.07, 6.45) is 0.852. The highest BCUT2D eigenvalue weighted by atomic mass is 32.2. The number of carbonyl (C=O) groups is 1. The largest absolute Gasteiger partial charge is 0.306 e. The predicted octanol–water partition coefficient (Wildman–Crippen LogP) is 3.75. The SMILES string of the molecule is O=C(Nc1nc2c(s1)Cc1ccccc1-2)c1ccc(CS(=O)O)s1. The molecule has 1 unspecified atom stereocenters. The molecule has 0 radical (unpaired) electrons. The molecule has 0 spiro atoms. The molecule has 0 bridgehead atoms. The zero-order valence-electron chi connectivity index (χ0n) is 12.3. The first-order valence-electron chi connectivity index (χ1n) is 7.15. The Bertz CT molecular complexity index is 961. The van der Waals surface area contributed by atoms with Crippen LogP contribution in [0, 0.1) is 0 Å². The Morgan fingerprint density at radius 2 is 2.08 bits per heavy atom. The molecular weight excluding hydrogens is 364 g/mol. The van der Waals surface area contributed by atoms with Crippen molar-refractivity contribution in [2.45, 2.75) is 12.2 Å². The van der Waals surface area contributed by atoms with E-state index in [4.69, 9.17) is 4.55 Å². The predicted molar refractivity (Wildman–Crippen MR) is 97.1 cm³/mol. The van der Waals surface area contributed by atoms with Gasteiger partial charge in [-0.25, -0.2) is 9.19 Å². The fraction of sp³-hybridized carbons (Fsp3) is 0.125. The molecule has 2 aromatic heterocycles. The van der Waals surface area contributed by atoms with Gasteiger partial charge >= 0.3 is 0 Å². The van der Waals surface area contributed by atoms with E-state index in [-0.39, 0.29) is 11.7 Å². The number of thiophene rings is 1. The van der Waals surface area contributed by atoms with Crippen LogP contribution in [0.2, 0.25) is 0 Å². The first kappa shape index (κ1) is 15.6. The van der Waals surface area contributed by atoms with E-state index in [2.05, 4.69) is 16.4 Å². The summed E-state index contributed by atoms with van der Waals surface area (Å²) < 4.78 is 19.7. The molecule has 1 aromatic carbocycles. The first-order valence-corrected chi connectivity index (χ1v) is 10.1. The van der Waals surface area contributed by atoms with E-state index in [1.54, 1.807) is 12.1 Å². The summed E-state index contributed by atoms with van der Waals surface area (Å²) in [6.45, 7) is 0. The number of thiazole rings is 1. The van der Waals surface area contributed by atoms with Gasteiger partial charge in [-0.15, -0.1) is 22.7 Å². The smallest absolute Gasteiger partial charge is 0.267 e. The lowest BCUT2D eigenvalue weighted by molar-refractivity contribution is 0.103. The topological polar surface area (TPSA) is 79.3 Å². The van der Waals surface area contributed by atoms with Gasteiger partial charge in [-0.3, -0.25) is 10.1 Å². The van der Waals surface area contributed by atoms with Crippen molar-refractivity contribution < 1.29 is 13.6 Å². The van der Waals surface area contributed by atoms with Crippen LogP contribution in [0.15, 0.2) is 36.4 Å². The van der Waals surface area contributed by atoms with Crippen LogP contribution < -0.4 is 5.32 Å². The molecule has 8 heteroatoms. The molecule has 24 heavy (non-hydrogen) atoms. The van der Waals surface area contributed by atoms with E-state index in [9.17, 15) is 9.00 Å². The Balaban J connectivity index is 1.52. The van der Waals surface area contributed by atoms with Gasteiger partial charge in [0.05, 0.1) is 16.3 Å². The van der Waals surface area contributed by atoms with E-state index in [1.165, 1.54) is 28.2 Å². The lowest BCUT2D eigenvalue weighted by Crippen LogP contribution is -2.09. The monoisotopic (exact) mass is 376 g/mol. The van der Waals surface area contributed by atoms with Gasteiger partial charge in [-0.05, 0) is 17.7 Å².